The van der Waals surface area contributed by atoms with E-state index < -0.39 is 23.8 Å². The average molecular weight is 492 g/mol. The maximum atomic E-state index is 13.5. The number of primary amides is 1. The van der Waals surface area contributed by atoms with Gasteiger partial charge in [0.25, 0.3) is 0 Å². The standard InChI is InChI=1S/C30H41N3O3/c1-4-11-25(28(31)34)26(18-21(2)3)29(35)32-27-16-8-9-17-33(30(27)36)20-22-12-10-15-24(19-22)23-13-6-5-7-14-23/h5-7,10,12-15,19,21,25-27H,4,8-9,11,16-18,20H2,1-3H3,(H2,31,34)(H,32,35). The molecular formula is C30H41N3O3. The normalized spacial score (nSPS) is 17.9. The van der Waals surface area contributed by atoms with Gasteiger partial charge in [-0.3, -0.25) is 14.4 Å². The van der Waals surface area contributed by atoms with Crippen LogP contribution in [0.3, 0.4) is 0 Å². The van der Waals surface area contributed by atoms with Crippen LogP contribution in [0.4, 0.5) is 0 Å². The molecule has 0 saturated carbocycles. The lowest BCUT2D eigenvalue weighted by Gasteiger charge is -2.29. The molecule has 3 atom stereocenters. The van der Waals surface area contributed by atoms with Gasteiger partial charge in [-0.05, 0) is 60.8 Å². The van der Waals surface area contributed by atoms with Crippen molar-refractivity contribution in [3.8, 4) is 11.1 Å². The zero-order chi connectivity index (χ0) is 26.1. The second-order valence-corrected chi connectivity index (χ2v) is 10.4. The highest BCUT2D eigenvalue weighted by molar-refractivity contribution is 5.91. The highest BCUT2D eigenvalue weighted by atomic mass is 16.2. The van der Waals surface area contributed by atoms with Gasteiger partial charge in [-0.2, -0.15) is 0 Å². The molecule has 1 aliphatic rings. The first-order valence-electron chi connectivity index (χ1n) is 13.3. The minimum Gasteiger partial charge on any atom is -0.369 e. The molecule has 2 aromatic carbocycles. The molecule has 0 radical (unpaired) electrons. The fourth-order valence-corrected chi connectivity index (χ4v) is 5.19. The van der Waals surface area contributed by atoms with Crippen molar-refractivity contribution in [2.24, 2.45) is 23.5 Å². The van der Waals surface area contributed by atoms with Crippen molar-refractivity contribution in [3.05, 3.63) is 60.2 Å². The van der Waals surface area contributed by atoms with Crippen molar-refractivity contribution in [1.82, 2.24) is 10.2 Å². The zero-order valence-corrected chi connectivity index (χ0v) is 21.9. The number of carbonyl (C=O) groups excluding carboxylic acids is 3. The van der Waals surface area contributed by atoms with E-state index in [2.05, 4.69) is 29.6 Å². The lowest BCUT2D eigenvalue weighted by Crippen LogP contribution is -2.50. The van der Waals surface area contributed by atoms with Crippen molar-refractivity contribution in [2.75, 3.05) is 6.54 Å². The molecular weight excluding hydrogens is 450 g/mol. The molecule has 194 valence electrons. The summed E-state index contributed by atoms with van der Waals surface area (Å²) in [5.41, 5.74) is 9.01. The molecule has 6 nitrogen and oxygen atoms in total. The van der Waals surface area contributed by atoms with Gasteiger partial charge in [-0.25, -0.2) is 0 Å². The molecule has 1 aliphatic heterocycles. The summed E-state index contributed by atoms with van der Waals surface area (Å²) in [5.74, 6) is -1.53. The van der Waals surface area contributed by atoms with Crippen LogP contribution >= 0.6 is 0 Å². The molecule has 3 amide bonds. The minimum atomic E-state index is -0.581. The Morgan fingerprint density at radius 1 is 1.03 bits per heavy atom. The van der Waals surface area contributed by atoms with E-state index in [-0.39, 0.29) is 17.7 Å². The number of nitrogens with two attached hydrogens (primary N) is 1. The second-order valence-electron chi connectivity index (χ2n) is 10.4. The minimum absolute atomic E-state index is 0.0552. The van der Waals surface area contributed by atoms with E-state index in [1.807, 2.05) is 56.0 Å². The van der Waals surface area contributed by atoms with Crippen LogP contribution in [0.2, 0.25) is 0 Å². The van der Waals surface area contributed by atoms with Crippen LogP contribution in [0, 0.1) is 17.8 Å². The molecule has 3 N–H and O–H groups in total. The number of nitrogens with one attached hydrogen (secondary N) is 1. The Kier molecular flexibility index (Phi) is 10.1. The van der Waals surface area contributed by atoms with Crippen molar-refractivity contribution >= 4 is 17.7 Å². The molecule has 0 aliphatic carbocycles. The third-order valence-electron chi connectivity index (χ3n) is 7.02. The fraction of sp³-hybridized carbons (Fsp3) is 0.500. The fourth-order valence-electron chi connectivity index (χ4n) is 5.19. The number of nitrogens with zero attached hydrogens (tertiary/aromatic N) is 1. The summed E-state index contributed by atoms with van der Waals surface area (Å²) < 4.78 is 0. The van der Waals surface area contributed by atoms with Crippen LogP contribution in [0.15, 0.2) is 54.6 Å². The van der Waals surface area contributed by atoms with Gasteiger partial charge in [-0.1, -0.05) is 75.7 Å². The molecule has 6 heteroatoms. The third-order valence-corrected chi connectivity index (χ3v) is 7.02. The largest absolute Gasteiger partial charge is 0.369 e. The number of rotatable bonds is 11. The van der Waals surface area contributed by atoms with E-state index in [1.54, 1.807) is 0 Å². The molecule has 0 bridgehead atoms. The monoisotopic (exact) mass is 491 g/mol. The lowest BCUT2D eigenvalue weighted by atomic mass is 9.81. The number of likely N-dealkylation sites (tertiary alicyclic amines) is 1. The Morgan fingerprint density at radius 2 is 1.75 bits per heavy atom. The van der Waals surface area contributed by atoms with Gasteiger partial charge in [0.05, 0.1) is 0 Å². The number of hydrogen-bond donors (Lipinski definition) is 2. The van der Waals surface area contributed by atoms with Crippen LogP contribution in [0.1, 0.15) is 64.9 Å². The van der Waals surface area contributed by atoms with E-state index in [4.69, 9.17) is 5.73 Å². The van der Waals surface area contributed by atoms with Gasteiger partial charge in [-0.15, -0.1) is 0 Å². The molecule has 0 aromatic heterocycles. The highest BCUT2D eigenvalue weighted by Crippen LogP contribution is 2.26. The van der Waals surface area contributed by atoms with Gasteiger partial charge in [0.1, 0.15) is 6.04 Å². The first-order chi connectivity index (χ1) is 17.3. The predicted molar refractivity (Wildman–Crippen MR) is 144 cm³/mol. The molecule has 36 heavy (non-hydrogen) atoms. The average Bonchev–Trinajstić information content (AvgIpc) is 3.03. The van der Waals surface area contributed by atoms with E-state index in [1.165, 1.54) is 0 Å². The van der Waals surface area contributed by atoms with Crippen LogP contribution in [-0.4, -0.2) is 35.2 Å². The molecule has 1 heterocycles. The first-order valence-corrected chi connectivity index (χ1v) is 13.3. The number of carbonyl (C=O) groups is 3. The maximum absolute atomic E-state index is 13.5. The second kappa shape index (κ2) is 13.2. The van der Waals surface area contributed by atoms with Crippen LogP contribution in [0.5, 0.6) is 0 Å². The maximum Gasteiger partial charge on any atom is 0.245 e. The Balaban J connectivity index is 1.74. The summed E-state index contributed by atoms with van der Waals surface area (Å²) >= 11 is 0. The van der Waals surface area contributed by atoms with Crippen molar-refractivity contribution in [2.45, 2.75) is 71.9 Å². The molecule has 2 aromatic rings. The molecule has 1 fully saturated rings. The summed E-state index contributed by atoms with van der Waals surface area (Å²) in [6, 6.07) is 17.9. The van der Waals surface area contributed by atoms with Crippen LogP contribution in [0.25, 0.3) is 11.1 Å². The highest BCUT2D eigenvalue weighted by Gasteiger charge is 2.35. The smallest absolute Gasteiger partial charge is 0.245 e. The Bertz CT molecular complexity index is 1020. The molecule has 3 rings (SSSR count). The van der Waals surface area contributed by atoms with E-state index in [0.29, 0.717) is 32.4 Å². The van der Waals surface area contributed by atoms with Crippen molar-refractivity contribution < 1.29 is 14.4 Å². The predicted octanol–water partition coefficient (Wildman–Crippen LogP) is 4.91. The summed E-state index contributed by atoms with van der Waals surface area (Å²) in [5, 5.41) is 3.02. The van der Waals surface area contributed by atoms with Gasteiger partial charge >= 0.3 is 0 Å². The van der Waals surface area contributed by atoms with Crippen LogP contribution in [-0.2, 0) is 20.9 Å². The SMILES string of the molecule is CCCC(C(N)=O)C(CC(C)C)C(=O)NC1CCCCN(Cc2cccc(-c3ccccc3)c2)C1=O. The quantitative estimate of drug-likeness (QED) is 0.468. The van der Waals surface area contributed by atoms with Crippen LogP contribution < -0.4 is 11.1 Å². The number of hydrogen-bond acceptors (Lipinski definition) is 3. The summed E-state index contributed by atoms with van der Waals surface area (Å²) in [4.78, 5) is 41.0. The van der Waals surface area contributed by atoms with Gasteiger partial charge in [0.2, 0.25) is 17.7 Å². The van der Waals surface area contributed by atoms with Gasteiger partial charge in [0.15, 0.2) is 0 Å². The van der Waals surface area contributed by atoms with Crippen molar-refractivity contribution in [1.29, 1.82) is 0 Å². The van der Waals surface area contributed by atoms with Crippen molar-refractivity contribution in [3.63, 3.8) is 0 Å². The third kappa shape index (κ3) is 7.42. The summed E-state index contributed by atoms with van der Waals surface area (Å²) in [7, 11) is 0. The number of amides is 3. The summed E-state index contributed by atoms with van der Waals surface area (Å²) in [6.07, 6.45) is 4.27. The molecule has 0 spiro atoms. The first kappa shape index (κ1) is 27.4. The summed E-state index contributed by atoms with van der Waals surface area (Å²) in [6.45, 7) is 7.22. The Hall–Kier alpha value is -3.15. The molecule has 1 saturated heterocycles. The van der Waals surface area contributed by atoms with E-state index in [9.17, 15) is 14.4 Å². The zero-order valence-electron chi connectivity index (χ0n) is 21.9. The Morgan fingerprint density at radius 3 is 2.42 bits per heavy atom. The van der Waals surface area contributed by atoms with E-state index in [0.717, 1.165) is 36.0 Å². The topological polar surface area (TPSA) is 92.5 Å². The van der Waals surface area contributed by atoms with Gasteiger partial charge < -0.3 is 16.0 Å². The Labute approximate surface area is 215 Å². The molecule has 3 unspecified atom stereocenters. The van der Waals surface area contributed by atoms with Gasteiger partial charge in [0, 0.05) is 24.9 Å². The lowest BCUT2D eigenvalue weighted by molar-refractivity contribution is -0.139. The number of benzene rings is 2. The van der Waals surface area contributed by atoms with E-state index >= 15 is 0 Å².